The minimum absolute atomic E-state index is 0.556. The summed E-state index contributed by atoms with van der Waals surface area (Å²) in [5.74, 6) is -2.92. The Balaban J connectivity index is 3.40. The average molecular weight is 210 g/mol. The van der Waals surface area contributed by atoms with Crippen molar-refractivity contribution in [2.75, 3.05) is 18.1 Å². The summed E-state index contributed by atoms with van der Waals surface area (Å²) in [6.45, 7) is 0. The van der Waals surface area contributed by atoms with E-state index >= 15 is 0 Å². The van der Waals surface area contributed by atoms with E-state index in [9.17, 15) is 17.6 Å². The highest BCUT2D eigenvalue weighted by Crippen LogP contribution is 2.35. The molecule has 3 N–H and O–H groups in total. The highest BCUT2D eigenvalue weighted by Gasteiger charge is 2.39. The highest BCUT2D eigenvalue weighted by atomic mass is 19.4. The minimum Gasteiger partial charge on any atom is -0.372 e. The van der Waals surface area contributed by atoms with Crippen molar-refractivity contribution in [2.45, 2.75) is 6.18 Å². The first-order valence-corrected chi connectivity index (χ1v) is 3.44. The predicted octanol–water partition coefficient (Wildman–Crippen LogP) is 1.26. The van der Waals surface area contributed by atoms with Crippen LogP contribution in [-0.2, 0) is 6.18 Å². The Labute approximate surface area is 76.2 Å². The number of hydrogen-bond donors (Lipinski definition) is 2. The predicted molar refractivity (Wildman–Crippen MR) is 41.0 cm³/mol. The van der Waals surface area contributed by atoms with Crippen molar-refractivity contribution in [1.29, 1.82) is 0 Å². The summed E-state index contributed by atoms with van der Waals surface area (Å²) in [6, 6.07) is 0. The Kier molecular flexibility index (Phi) is 2.45. The molecule has 0 radical (unpaired) electrons. The standard InChI is InChI=1S/C6H6F4N4/c1-12-4-2(6(8,9)10)3(7)13-5(11)14-4/h1H3,(H3,11,12,13,14). The number of nitrogens with zero attached hydrogens (tertiary/aromatic N) is 2. The highest BCUT2D eigenvalue weighted by molar-refractivity contribution is 5.47. The second-order valence-corrected chi connectivity index (χ2v) is 2.34. The number of hydrogen-bond acceptors (Lipinski definition) is 4. The van der Waals surface area contributed by atoms with Crippen LogP contribution in [-0.4, -0.2) is 17.0 Å². The van der Waals surface area contributed by atoms with E-state index in [0.29, 0.717) is 0 Å². The van der Waals surface area contributed by atoms with Crippen LogP contribution in [0.2, 0.25) is 0 Å². The number of anilines is 2. The molecule has 8 heteroatoms. The van der Waals surface area contributed by atoms with E-state index in [1.165, 1.54) is 7.05 Å². The van der Waals surface area contributed by atoms with Gasteiger partial charge in [0.05, 0.1) is 0 Å². The summed E-state index contributed by atoms with van der Waals surface area (Å²) in [4.78, 5) is 6.00. The van der Waals surface area contributed by atoms with Gasteiger partial charge in [0, 0.05) is 7.05 Å². The molecule has 0 saturated carbocycles. The van der Waals surface area contributed by atoms with Crippen LogP contribution in [0.1, 0.15) is 5.56 Å². The lowest BCUT2D eigenvalue weighted by atomic mass is 10.3. The van der Waals surface area contributed by atoms with Gasteiger partial charge in [0.15, 0.2) is 5.56 Å². The maximum Gasteiger partial charge on any atom is 0.424 e. The molecule has 0 aromatic carbocycles. The second kappa shape index (κ2) is 3.28. The number of nitrogens with one attached hydrogen (secondary N) is 1. The first kappa shape index (κ1) is 10.5. The van der Waals surface area contributed by atoms with Gasteiger partial charge in [0.1, 0.15) is 5.82 Å². The van der Waals surface area contributed by atoms with Gasteiger partial charge in [-0.1, -0.05) is 0 Å². The molecule has 1 aromatic rings. The molecule has 0 aliphatic heterocycles. The summed E-state index contributed by atoms with van der Waals surface area (Å²) < 4.78 is 49.5. The van der Waals surface area contributed by atoms with Crippen LogP contribution in [0.3, 0.4) is 0 Å². The van der Waals surface area contributed by atoms with Gasteiger partial charge in [-0.25, -0.2) is 0 Å². The number of alkyl halides is 3. The van der Waals surface area contributed by atoms with Gasteiger partial charge in [0.25, 0.3) is 0 Å². The number of nitrogens with two attached hydrogens (primary N) is 1. The molecule has 1 heterocycles. The normalized spacial score (nSPS) is 11.5. The van der Waals surface area contributed by atoms with Crippen molar-refractivity contribution in [1.82, 2.24) is 9.97 Å². The largest absolute Gasteiger partial charge is 0.424 e. The van der Waals surface area contributed by atoms with Gasteiger partial charge in [-0.3, -0.25) is 0 Å². The molecule has 1 aromatic heterocycles. The second-order valence-electron chi connectivity index (χ2n) is 2.34. The number of aromatic nitrogens is 2. The third-order valence-electron chi connectivity index (χ3n) is 1.40. The Morgan fingerprint density at radius 2 is 1.86 bits per heavy atom. The van der Waals surface area contributed by atoms with Crippen LogP contribution < -0.4 is 11.1 Å². The van der Waals surface area contributed by atoms with Crippen molar-refractivity contribution in [3.63, 3.8) is 0 Å². The first-order chi connectivity index (χ1) is 6.36. The van der Waals surface area contributed by atoms with Gasteiger partial charge in [0.2, 0.25) is 11.9 Å². The lowest BCUT2D eigenvalue weighted by Crippen LogP contribution is -2.16. The Hall–Kier alpha value is -1.60. The van der Waals surface area contributed by atoms with E-state index in [2.05, 4.69) is 15.3 Å². The molecular formula is C6H6F4N4. The van der Waals surface area contributed by atoms with Crippen molar-refractivity contribution < 1.29 is 17.6 Å². The molecule has 0 atom stereocenters. The Bertz CT molecular complexity index is 348. The molecular weight excluding hydrogens is 204 g/mol. The van der Waals surface area contributed by atoms with Crippen LogP contribution in [0.5, 0.6) is 0 Å². The van der Waals surface area contributed by atoms with Crippen molar-refractivity contribution in [3.8, 4) is 0 Å². The first-order valence-electron chi connectivity index (χ1n) is 3.44. The zero-order valence-electron chi connectivity index (χ0n) is 6.98. The van der Waals surface area contributed by atoms with Crippen molar-refractivity contribution in [2.24, 2.45) is 0 Å². The molecule has 0 aliphatic carbocycles. The molecule has 0 bridgehead atoms. The smallest absolute Gasteiger partial charge is 0.372 e. The summed E-state index contributed by atoms with van der Waals surface area (Å²) in [6.07, 6.45) is -4.85. The monoisotopic (exact) mass is 210 g/mol. The van der Waals surface area contributed by atoms with E-state index in [4.69, 9.17) is 5.73 Å². The maximum absolute atomic E-state index is 12.8. The number of rotatable bonds is 1. The van der Waals surface area contributed by atoms with Gasteiger partial charge in [-0.15, -0.1) is 0 Å². The minimum atomic E-state index is -4.85. The Morgan fingerprint density at radius 1 is 1.29 bits per heavy atom. The Morgan fingerprint density at radius 3 is 2.29 bits per heavy atom. The van der Waals surface area contributed by atoms with E-state index in [0.717, 1.165) is 0 Å². The average Bonchev–Trinajstić information content (AvgIpc) is 1.99. The fraction of sp³-hybridized carbons (Fsp3) is 0.333. The van der Waals surface area contributed by atoms with E-state index in [-0.39, 0.29) is 0 Å². The quantitative estimate of drug-likeness (QED) is 0.541. The van der Waals surface area contributed by atoms with Gasteiger partial charge in [-0.05, 0) is 0 Å². The summed E-state index contributed by atoms with van der Waals surface area (Å²) in [5.41, 5.74) is 3.43. The van der Waals surface area contributed by atoms with Gasteiger partial charge >= 0.3 is 6.18 Å². The summed E-state index contributed by atoms with van der Waals surface area (Å²) in [7, 11) is 1.18. The fourth-order valence-corrected chi connectivity index (χ4v) is 0.882. The molecule has 14 heavy (non-hydrogen) atoms. The zero-order chi connectivity index (χ0) is 10.9. The molecule has 0 unspecified atom stereocenters. The van der Waals surface area contributed by atoms with Gasteiger partial charge < -0.3 is 11.1 Å². The molecule has 0 fully saturated rings. The fourth-order valence-electron chi connectivity index (χ4n) is 0.882. The molecule has 78 valence electrons. The van der Waals surface area contributed by atoms with Crippen LogP contribution in [0.15, 0.2) is 0 Å². The van der Waals surface area contributed by atoms with Crippen LogP contribution >= 0.6 is 0 Å². The maximum atomic E-state index is 12.8. The zero-order valence-corrected chi connectivity index (χ0v) is 6.98. The topological polar surface area (TPSA) is 63.8 Å². The van der Waals surface area contributed by atoms with Crippen LogP contribution in [0, 0.1) is 5.95 Å². The molecule has 0 amide bonds. The summed E-state index contributed by atoms with van der Waals surface area (Å²) >= 11 is 0. The molecule has 4 nitrogen and oxygen atoms in total. The van der Waals surface area contributed by atoms with E-state index in [1.54, 1.807) is 0 Å². The number of nitrogen functional groups attached to an aromatic ring is 1. The molecule has 0 spiro atoms. The molecule has 0 saturated heterocycles. The third-order valence-corrected chi connectivity index (χ3v) is 1.40. The van der Waals surface area contributed by atoms with E-state index in [1.807, 2.05) is 0 Å². The van der Waals surface area contributed by atoms with Crippen molar-refractivity contribution in [3.05, 3.63) is 11.5 Å². The third kappa shape index (κ3) is 1.83. The van der Waals surface area contributed by atoms with Crippen LogP contribution in [0.25, 0.3) is 0 Å². The van der Waals surface area contributed by atoms with Gasteiger partial charge in [-0.2, -0.15) is 27.5 Å². The lowest BCUT2D eigenvalue weighted by Gasteiger charge is -2.11. The van der Waals surface area contributed by atoms with E-state index < -0.39 is 29.5 Å². The SMILES string of the molecule is CNc1nc(N)nc(F)c1C(F)(F)F. The lowest BCUT2D eigenvalue weighted by molar-refractivity contribution is -0.139. The van der Waals surface area contributed by atoms with Crippen molar-refractivity contribution >= 4 is 11.8 Å². The summed E-state index contributed by atoms with van der Waals surface area (Å²) in [5, 5.41) is 2.09. The molecule has 0 aliphatic rings. The number of halogens is 4. The van der Waals surface area contributed by atoms with Crippen LogP contribution in [0.4, 0.5) is 29.3 Å². The molecule has 1 rings (SSSR count).